The molecule has 18 heavy (non-hydrogen) atoms. The maximum absolute atomic E-state index is 13.0. The van der Waals surface area contributed by atoms with Gasteiger partial charge in [0.15, 0.2) is 5.84 Å². The van der Waals surface area contributed by atoms with E-state index in [4.69, 9.17) is 10.9 Å². The van der Waals surface area contributed by atoms with Crippen molar-refractivity contribution >= 4 is 27.7 Å². The number of halogens is 2. The third-order valence-electron chi connectivity index (χ3n) is 2.37. The monoisotopic (exact) mass is 317 g/mol. The molecule has 0 radical (unpaired) electrons. The van der Waals surface area contributed by atoms with E-state index in [1.54, 1.807) is 6.92 Å². The van der Waals surface area contributed by atoms with Crippen LogP contribution in [0.2, 0.25) is 0 Å². The van der Waals surface area contributed by atoms with Crippen molar-refractivity contribution in [3.63, 3.8) is 0 Å². The number of amidine groups is 1. The fraction of sp³-hybridized carbons (Fsp3) is 0.273. The molecule has 0 spiro atoms. The minimum atomic E-state index is -0.564. The molecule has 1 aromatic rings. The summed E-state index contributed by atoms with van der Waals surface area (Å²) in [5, 5.41) is 14.0. The number of carbonyl (C=O) groups is 1. The van der Waals surface area contributed by atoms with Crippen molar-refractivity contribution in [3.8, 4) is 0 Å². The second-order valence-electron chi connectivity index (χ2n) is 3.59. The number of benzene rings is 1. The lowest BCUT2D eigenvalue weighted by Crippen LogP contribution is -2.44. The van der Waals surface area contributed by atoms with Gasteiger partial charge in [-0.3, -0.25) is 4.79 Å². The Kier molecular flexibility index (Phi) is 5.08. The fourth-order valence-corrected chi connectivity index (χ4v) is 1.71. The first-order valence-corrected chi connectivity index (χ1v) is 6.02. The first kappa shape index (κ1) is 14.4. The summed E-state index contributed by atoms with van der Waals surface area (Å²) < 4.78 is 13.2. The number of rotatable bonds is 4. The van der Waals surface area contributed by atoms with Crippen molar-refractivity contribution in [2.45, 2.75) is 19.4 Å². The molecule has 0 aliphatic heterocycles. The van der Waals surface area contributed by atoms with Crippen LogP contribution in [0.15, 0.2) is 27.8 Å². The largest absolute Gasteiger partial charge is 0.409 e. The summed E-state index contributed by atoms with van der Waals surface area (Å²) >= 11 is 3.00. The first-order valence-electron chi connectivity index (χ1n) is 5.23. The van der Waals surface area contributed by atoms with E-state index in [1.807, 2.05) is 0 Å². The van der Waals surface area contributed by atoms with Crippen LogP contribution in [0.25, 0.3) is 0 Å². The Morgan fingerprint density at radius 2 is 2.33 bits per heavy atom. The van der Waals surface area contributed by atoms with Crippen molar-refractivity contribution in [3.05, 3.63) is 34.1 Å². The number of amides is 1. The van der Waals surface area contributed by atoms with Gasteiger partial charge in [0.2, 0.25) is 0 Å². The smallest absolute Gasteiger partial charge is 0.251 e. The minimum Gasteiger partial charge on any atom is -0.409 e. The molecule has 1 unspecified atom stereocenters. The van der Waals surface area contributed by atoms with Crippen molar-refractivity contribution in [1.82, 2.24) is 5.32 Å². The maximum atomic E-state index is 13.0. The summed E-state index contributed by atoms with van der Waals surface area (Å²) in [5.41, 5.74) is 5.71. The predicted octanol–water partition coefficient (Wildman–Crippen LogP) is 1.84. The highest BCUT2D eigenvalue weighted by Gasteiger charge is 2.16. The van der Waals surface area contributed by atoms with Gasteiger partial charge in [-0.1, -0.05) is 12.1 Å². The van der Waals surface area contributed by atoms with Gasteiger partial charge in [0, 0.05) is 5.56 Å². The highest BCUT2D eigenvalue weighted by molar-refractivity contribution is 9.10. The molecule has 5 nitrogen and oxygen atoms in total. The fourth-order valence-electron chi connectivity index (χ4n) is 1.33. The van der Waals surface area contributed by atoms with Crippen LogP contribution in [0, 0.1) is 5.82 Å². The van der Waals surface area contributed by atoms with Crippen LogP contribution >= 0.6 is 15.9 Å². The zero-order valence-electron chi connectivity index (χ0n) is 9.65. The lowest BCUT2D eigenvalue weighted by molar-refractivity contribution is 0.0945. The zero-order valence-corrected chi connectivity index (χ0v) is 11.2. The topological polar surface area (TPSA) is 87.7 Å². The molecule has 0 aliphatic carbocycles. The molecule has 0 saturated heterocycles. The molecule has 0 bridgehead atoms. The molecule has 1 atom stereocenters. The third kappa shape index (κ3) is 3.43. The van der Waals surface area contributed by atoms with Crippen LogP contribution in [0.4, 0.5) is 4.39 Å². The van der Waals surface area contributed by atoms with Crippen LogP contribution in [0.1, 0.15) is 23.7 Å². The molecule has 7 heteroatoms. The van der Waals surface area contributed by atoms with Gasteiger partial charge < -0.3 is 16.3 Å². The molecule has 1 rings (SSSR count). The third-order valence-corrected chi connectivity index (χ3v) is 2.98. The van der Waals surface area contributed by atoms with Gasteiger partial charge in [0.05, 0.1) is 10.5 Å². The number of hydrogen-bond donors (Lipinski definition) is 3. The average molecular weight is 318 g/mol. The van der Waals surface area contributed by atoms with Crippen molar-refractivity contribution in [2.75, 3.05) is 0 Å². The molecule has 4 N–H and O–H groups in total. The van der Waals surface area contributed by atoms with Crippen molar-refractivity contribution in [1.29, 1.82) is 0 Å². The van der Waals surface area contributed by atoms with Crippen LogP contribution in [0.5, 0.6) is 0 Å². The SMILES string of the molecule is CCC(NC(=O)c1ccc(F)c(Br)c1)/C(N)=N/O. The second kappa shape index (κ2) is 6.34. The number of carbonyl (C=O) groups excluding carboxylic acids is 1. The first-order chi connectivity index (χ1) is 8.49. The number of nitrogens with zero attached hydrogens (tertiary/aromatic N) is 1. The summed E-state index contributed by atoms with van der Waals surface area (Å²) in [6.45, 7) is 1.78. The number of hydrogen-bond acceptors (Lipinski definition) is 3. The minimum absolute atomic E-state index is 0.0768. The number of nitrogens with two attached hydrogens (primary N) is 1. The van der Waals surface area contributed by atoms with E-state index < -0.39 is 17.8 Å². The molecule has 0 saturated carbocycles. The molecule has 0 heterocycles. The van der Waals surface area contributed by atoms with Crippen LogP contribution in [0.3, 0.4) is 0 Å². The Bertz CT molecular complexity index is 479. The number of oxime groups is 1. The summed E-state index contributed by atoms with van der Waals surface area (Å²) in [6.07, 6.45) is 0.476. The van der Waals surface area contributed by atoms with Gasteiger partial charge in [-0.15, -0.1) is 0 Å². The van der Waals surface area contributed by atoms with Gasteiger partial charge >= 0.3 is 0 Å². The maximum Gasteiger partial charge on any atom is 0.251 e. The zero-order chi connectivity index (χ0) is 13.7. The van der Waals surface area contributed by atoms with Gasteiger partial charge in [-0.2, -0.15) is 0 Å². The molecule has 0 aromatic heterocycles. The molecular weight excluding hydrogens is 305 g/mol. The molecule has 0 aliphatic rings. The van der Waals surface area contributed by atoms with E-state index >= 15 is 0 Å². The van der Waals surface area contributed by atoms with Gasteiger partial charge in [0.1, 0.15) is 5.82 Å². The summed E-state index contributed by atoms with van der Waals surface area (Å²) in [4.78, 5) is 11.9. The quantitative estimate of drug-likeness (QED) is 0.343. The average Bonchev–Trinajstić information content (AvgIpc) is 2.37. The summed E-state index contributed by atoms with van der Waals surface area (Å²) in [6, 6.07) is 3.34. The van der Waals surface area contributed by atoms with Gasteiger partial charge in [0.25, 0.3) is 5.91 Å². The Morgan fingerprint density at radius 3 is 2.83 bits per heavy atom. The molecular formula is C11H13BrFN3O2. The van der Waals surface area contributed by atoms with E-state index in [-0.39, 0.29) is 15.9 Å². The Hall–Kier alpha value is -1.63. The standard InChI is InChI=1S/C11H13BrFN3O2/c1-2-9(10(14)16-18)15-11(17)6-3-4-8(13)7(12)5-6/h3-5,9,18H,2H2,1H3,(H2,14,16)(H,15,17). The van der Waals surface area contributed by atoms with Gasteiger partial charge in [-0.05, 0) is 40.5 Å². The Labute approximate surface area is 112 Å². The Balaban J connectivity index is 2.84. The van der Waals surface area contributed by atoms with Crippen LogP contribution < -0.4 is 11.1 Å². The van der Waals surface area contributed by atoms with E-state index in [9.17, 15) is 9.18 Å². The van der Waals surface area contributed by atoms with E-state index in [2.05, 4.69) is 26.4 Å². The van der Waals surface area contributed by atoms with Crippen molar-refractivity contribution < 1.29 is 14.4 Å². The van der Waals surface area contributed by atoms with Crippen LogP contribution in [-0.4, -0.2) is 23.0 Å². The predicted molar refractivity (Wildman–Crippen MR) is 69.1 cm³/mol. The second-order valence-corrected chi connectivity index (χ2v) is 4.44. The van der Waals surface area contributed by atoms with Crippen molar-refractivity contribution in [2.24, 2.45) is 10.9 Å². The normalized spacial score (nSPS) is 13.2. The summed E-state index contributed by atoms with van der Waals surface area (Å²) in [5.74, 6) is -0.948. The van der Waals surface area contributed by atoms with E-state index in [0.717, 1.165) is 0 Å². The number of nitrogens with one attached hydrogen (secondary N) is 1. The molecule has 0 fully saturated rings. The Morgan fingerprint density at radius 1 is 1.67 bits per heavy atom. The molecule has 1 amide bonds. The summed E-state index contributed by atoms with van der Waals surface area (Å²) in [7, 11) is 0. The molecule has 98 valence electrons. The molecule has 1 aromatic carbocycles. The lowest BCUT2D eigenvalue weighted by atomic mass is 10.1. The van der Waals surface area contributed by atoms with E-state index in [0.29, 0.717) is 6.42 Å². The van der Waals surface area contributed by atoms with Crippen LogP contribution in [-0.2, 0) is 0 Å². The highest BCUT2D eigenvalue weighted by Crippen LogP contribution is 2.16. The highest BCUT2D eigenvalue weighted by atomic mass is 79.9. The van der Waals surface area contributed by atoms with Gasteiger partial charge in [-0.25, -0.2) is 4.39 Å². The lowest BCUT2D eigenvalue weighted by Gasteiger charge is -2.15. The van der Waals surface area contributed by atoms with E-state index in [1.165, 1.54) is 18.2 Å².